The molecule has 4 aliphatic rings. The summed E-state index contributed by atoms with van der Waals surface area (Å²) in [5.74, 6) is 1.98. The van der Waals surface area contributed by atoms with Crippen LogP contribution in [-0.4, -0.2) is 17.3 Å². The molecule has 0 heterocycles. The molecule has 3 unspecified atom stereocenters. The molecule has 0 aromatic rings. The van der Waals surface area contributed by atoms with Gasteiger partial charge in [0, 0.05) is 0 Å². The van der Waals surface area contributed by atoms with Gasteiger partial charge in [0.2, 0.25) is 0 Å². The minimum absolute atomic E-state index is 0.102. The molecule has 0 spiro atoms. The van der Waals surface area contributed by atoms with E-state index in [1.807, 2.05) is 0 Å². The van der Waals surface area contributed by atoms with E-state index in [1.165, 1.54) is 24.0 Å². The number of hydrogen-bond acceptors (Lipinski definition) is 3. The first-order valence-corrected chi connectivity index (χ1v) is 9.80. The van der Waals surface area contributed by atoms with Crippen LogP contribution in [0, 0.1) is 33.5 Å². The summed E-state index contributed by atoms with van der Waals surface area (Å²) in [5, 5.41) is 13.6. The number of fused-ring (bicyclic) bond motifs is 5. The molecular formula is C21H31NO2. The molecule has 4 aliphatic carbocycles. The molecule has 3 nitrogen and oxygen atoms in total. The first-order valence-electron chi connectivity index (χ1n) is 9.80. The lowest BCUT2D eigenvalue weighted by atomic mass is 9.48. The highest BCUT2D eigenvalue weighted by Gasteiger charge is 2.59. The summed E-state index contributed by atoms with van der Waals surface area (Å²) >= 11 is 0. The average Bonchev–Trinajstić information content (AvgIpc) is 2.87. The van der Waals surface area contributed by atoms with Gasteiger partial charge in [0.15, 0.2) is 0 Å². The van der Waals surface area contributed by atoms with Crippen LogP contribution in [0.1, 0.15) is 65.7 Å². The summed E-state index contributed by atoms with van der Waals surface area (Å²) in [4.78, 5) is 11.4. The highest BCUT2D eigenvalue weighted by atomic mass is 16.3. The zero-order valence-corrected chi connectivity index (χ0v) is 15.3. The third-order valence-electron chi connectivity index (χ3n) is 8.40. The summed E-state index contributed by atoms with van der Waals surface area (Å²) in [5.41, 5.74) is 3.26. The van der Waals surface area contributed by atoms with E-state index >= 15 is 0 Å². The van der Waals surface area contributed by atoms with E-state index < -0.39 is 0 Å². The standard InChI is InChI=1S/C21H31NO2/c1-4-16-19(22-24)12-18-15-6-5-13-11-14(23)7-9-20(13,2)17(15)8-10-21(16,18)3/h4-5,14-15,17-19,23H,6-12H2,1-3H3/b16-4-/t14-,15?,17?,18?,19+,20-,21+/m0/s1. The molecule has 24 heavy (non-hydrogen) atoms. The Hall–Kier alpha value is -0.960. The van der Waals surface area contributed by atoms with Gasteiger partial charge in [0.25, 0.3) is 0 Å². The third-order valence-corrected chi connectivity index (χ3v) is 8.40. The van der Waals surface area contributed by atoms with Gasteiger partial charge in [0.1, 0.15) is 6.04 Å². The van der Waals surface area contributed by atoms with E-state index in [-0.39, 0.29) is 23.0 Å². The molecule has 3 heteroatoms. The van der Waals surface area contributed by atoms with Gasteiger partial charge < -0.3 is 5.11 Å². The molecule has 3 saturated carbocycles. The minimum atomic E-state index is -0.139. The zero-order chi connectivity index (χ0) is 17.1. The van der Waals surface area contributed by atoms with Crippen LogP contribution in [0.2, 0.25) is 0 Å². The topological polar surface area (TPSA) is 49.7 Å². The van der Waals surface area contributed by atoms with Crippen molar-refractivity contribution in [2.45, 2.75) is 77.9 Å². The molecule has 0 saturated heterocycles. The van der Waals surface area contributed by atoms with Gasteiger partial charge in [-0.05, 0) is 86.0 Å². The Balaban J connectivity index is 1.70. The molecule has 0 amide bonds. The van der Waals surface area contributed by atoms with Crippen molar-refractivity contribution in [2.75, 3.05) is 0 Å². The Morgan fingerprint density at radius 2 is 1.96 bits per heavy atom. The fraction of sp³-hybridized carbons (Fsp3) is 0.810. The monoisotopic (exact) mass is 329 g/mol. The van der Waals surface area contributed by atoms with Crippen LogP contribution in [0.5, 0.6) is 0 Å². The average molecular weight is 329 g/mol. The van der Waals surface area contributed by atoms with Crippen LogP contribution in [0.15, 0.2) is 28.5 Å². The highest BCUT2D eigenvalue weighted by molar-refractivity contribution is 5.32. The van der Waals surface area contributed by atoms with Crippen molar-refractivity contribution in [3.63, 3.8) is 0 Å². The summed E-state index contributed by atoms with van der Waals surface area (Å²) in [6, 6.07) is -0.102. The molecule has 3 fully saturated rings. The van der Waals surface area contributed by atoms with Crippen molar-refractivity contribution in [1.82, 2.24) is 0 Å². The quantitative estimate of drug-likeness (QED) is 0.543. The van der Waals surface area contributed by atoms with E-state index in [0.717, 1.165) is 32.1 Å². The fourth-order valence-corrected chi connectivity index (χ4v) is 7.13. The molecule has 0 radical (unpaired) electrons. The second kappa shape index (κ2) is 5.52. The molecular weight excluding hydrogens is 298 g/mol. The lowest BCUT2D eigenvalue weighted by molar-refractivity contribution is -0.0269. The Morgan fingerprint density at radius 1 is 1.21 bits per heavy atom. The molecule has 0 aliphatic heterocycles. The Kier molecular flexibility index (Phi) is 3.80. The molecule has 0 bridgehead atoms. The molecule has 132 valence electrons. The molecule has 0 aromatic heterocycles. The number of hydrogen-bond donors (Lipinski definition) is 1. The van der Waals surface area contributed by atoms with E-state index in [4.69, 9.17) is 0 Å². The maximum Gasteiger partial charge on any atom is 0.114 e. The van der Waals surface area contributed by atoms with E-state index in [2.05, 4.69) is 38.1 Å². The number of aliphatic hydroxyl groups is 1. The maximum absolute atomic E-state index is 11.4. The van der Waals surface area contributed by atoms with Crippen molar-refractivity contribution in [3.05, 3.63) is 28.2 Å². The maximum atomic E-state index is 11.4. The molecule has 0 aromatic carbocycles. The van der Waals surface area contributed by atoms with E-state index in [1.54, 1.807) is 0 Å². The van der Waals surface area contributed by atoms with Crippen molar-refractivity contribution < 1.29 is 5.11 Å². The Morgan fingerprint density at radius 3 is 2.67 bits per heavy atom. The number of nitrogens with zero attached hydrogens (tertiary/aromatic N) is 1. The summed E-state index contributed by atoms with van der Waals surface area (Å²) in [7, 11) is 0. The Labute approximate surface area is 145 Å². The normalized spacial score (nSPS) is 52.2. The van der Waals surface area contributed by atoms with Crippen molar-refractivity contribution in [2.24, 2.45) is 33.8 Å². The summed E-state index contributed by atoms with van der Waals surface area (Å²) < 4.78 is 0. The number of allylic oxidation sites excluding steroid dienone is 2. The predicted molar refractivity (Wildman–Crippen MR) is 96.4 cm³/mol. The van der Waals surface area contributed by atoms with Crippen LogP contribution in [-0.2, 0) is 0 Å². The van der Waals surface area contributed by atoms with Crippen LogP contribution in [0.4, 0.5) is 0 Å². The first kappa shape index (κ1) is 16.5. The van der Waals surface area contributed by atoms with Gasteiger partial charge in [-0.25, -0.2) is 0 Å². The minimum Gasteiger partial charge on any atom is -0.393 e. The van der Waals surface area contributed by atoms with Crippen molar-refractivity contribution >= 4 is 0 Å². The molecule has 4 rings (SSSR count). The van der Waals surface area contributed by atoms with Crippen molar-refractivity contribution in [1.29, 1.82) is 0 Å². The predicted octanol–water partition coefficient (Wildman–Crippen LogP) is 5.00. The van der Waals surface area contributed by atoms with Gasteiger partial charge in [-0.1, -0.05) is 36.7 Å². The number of nitroso groups, excluding NO2 is 1. The zero-order valence-electron chi connectivity index (χ0n) is 15.3. The van der Waals surface area contributed by atoms with E-state index in [9.17, 15) is 10.0 Å². The number of aliphatic hydroxyl groups excluding tert-OH is 1. The second-order valence-electron chi connectivity index (χ2n) is 9.21. The van der Waals surface area contributed by atoms with Gasteiger partial charge in [-0.15, -0.1) is 0 Å². The van der Waals surface area contributed by atoms with Crippen LogP contribution in [0.25, 0.3) is 0 Å². The summed E-state index contributed by atoms with van der Waals surface area (Å²) in [6.07, 6.45) is 11.9. The largest absolute Gasteiger partial charge is 0.393 e. The molecule has 7 atom stereocenters. The SMILES string of the molecule is C/C=C1/[C@H](N=O)CC2C3CC=C4C[C@@H](O)CC[C@]4(C)C3CC[C@]12C. The van der Waals surface area contributed by atoms with E-state index in [0.29, 0.717) is 17.8 Å². The fourth-order valence-electron chi connectivity index (χ4n) is 7.13. The molecule has 1 N–H and O–H groups in total. The van der Waals surface area contributed by atoms with Crippen LogP contribution < -0.4 is 0 Å². The van der Waals surface area contributed by atoms with Gasteiger partial charge >= 0.3 is 0 Å². The summed E-state index contributed by atoms with van der Waals surface area (Å²) in [6.45, 7) is 6.92. The third kappa shape index (κ3) is 2.06. The first-order chi connectivity index (χ1) is 11.4. The Bertz CT molecular complexity index is 609. The van der Waals surface area contributed by atoms with Gasteiger partial charge in [-0.2, -0.15) is 4.91 Å². The highest BCUT2D eigenvalue weighted by Crippen LogP contribution is 2.66. The lowest BCUT2D eigenvalue weighted by Gasteiger charge is -2.57. The van der Waals surface area contributed by atoms with Crippen LogP contribution >= 0.6 is 0 Å². The smallest absolute Gasteiger partial charge is 0.114 e. The number of rotatable bonds is 1. The second-order valence-corrected chi connectivity index (χ2v) is 9.21. The van der Waals surface area contributed by atoms with Gasteiger partial charge in [-0.3, -0.25) is 0 Å². The van der Waals surface area contributed by atoms with Crippen LogP contribution in [0.3, 0.4) is 0 Å². The van der Waals surface area contributed by atoms with Crippen molar-refractivity contribution in [3.8, 4) is 0 Å². The lowest BCUT2D eigenvalue weighted by Crippen LogP contribution is -2.49. The van der Waals surface area contributed by atoms with Gasteiger partial charge in [0.05, 0.1) is 6.10 Å².